The Morgan fingerprint density at radius 2 is 1.61 bits per heavy atom. The number of nitrogens with one attached hydrogen (secondary N) is 1. The van der Waals surface area contributed by atoms with Crippen molar-refractivity contribution in [3.05, 3.63) is 124 Å². The highest BCUT2D eigenvalue weighted by Crippen LogP contribution is 2.31. The molecule has 38 heavy (non-hydrogen) atoms. The molecule has 0 saturated carbocycles. The minimum Gasteiger partial charge on any atom is -0.507 e. The van der Waals surface area contributed by atoms with E-state index in [-0.39, 0.29) is 17.2 Å². The predicted octanol–water partition coefficient (Wildman–Crippen LogP) is 5.90. The summed E-state index contributed by atoms with van der Waals surface area (Å²) in [6.07, 6.45) is 0. The number of anilines is 1. The molecule has 0 unspecified atom stereocenters. The lowest BCUT2D eigenvalue weighted by Crippen LogP contribution is -2.31. The Labute approximate surface area is 227 Å². The maximum atomic E-state index is 13.7. The molecule has 4 aromatic rings. The number of aromatic hydroxyl groups is 1. The van der Waals surface area contributed by atoms with Crippen LogP contribution in [0.3, 0.4) is 0 Å². The summed E-state index contributed by atoms with van der Waals surface area (Å²) in [5, 5.41) is 14.5. The van der Waals surface area contributed by atoms with E-state index in [1.807, 2.05) is 6.92 Å². The number of hydrogen-bond donors (Lipinski definition) is 2. The number of rotatable bonds is 8. The molecule has 7 nitrogen and oxygen atoms in total. The lowest BCUT2D eigenvalue weighted by molar-refractivity contribution is 0.0954. The Morgan fingerprint density at radius 3 is 2.29 bits per heavy atom. The van der Waals surface area contributed by atoms with Crippen molar-refractivity contribution >= 4 is 38.9 Å². The molecule has 0 radical (unpaired) electrons. The van der Waals surface area contributed by atoms with E-state index in [1.165, 1.54) is 4.31 Å². The number of phenols is 1. The minimum atomic E-state index is -3.91. The Kier molecular flexibility index (Phi) is 8.14. The van der Waals surface area contributed by atoms with Gasteiger partial charge >= 0.3 is 0 Å². The fourth-order valence-electron chi connectivity index (χ4n) is 3.84. The molecule has 0 aromatic heterocycles. The maximum Gasteiger partial charge on any atom is 0.271 e. The number of sulfonamides is 1. The van der Waals surface area contributed by atoms with Crippen molar-refractivity contribution < 1.29 is 18.3 Å². The summed E-state index contributed by atoms with van der Waals surface area (Å²) < 4.78 is 28.6. The van der Waals surface area contributed by atoms with Crippen LogP contribution < -0.4 is 9.73 Å². The van der Waals surface area contributed by atoms with Gasteiger partial charge in [0.05, 0.1) is 22.8 Å². The molecular formula is C29H26ClN3O4S. The fraction of sp³-hybridized carbons (Fsp3) is 0.103. The first-order chi connectivity index (χ1) is 18.2. The number of hydrogen-bond acceptors (Lipinski definition) is 5. The van der Waals surface area contributed by atoms with Crippen LogP contribution in [0.25, 0.3) is 0 Å². The van der Waals surface area contributed by atoms with Crippen LogP contribution in [0.2, 0.25) is 5.02 Å². The number of benzene rings is 4. The van der Waals surface area contributed by atoms with Crippen LogP contribution in [0.5, 0.6) is 5.75 Å². The van der Waals surface area contributed by atoms with Gasteiger partial charge in [0, 0.05) is 16.1 Å². The number of phenolic OH excluding ortho intramolecular Hbond substituents is 1. The van der Waals surface area contributed by atoms with Crippen molar-refractivity contribution in [2.45, 2.75) is 25.3 Å². The highest BCUT2D eigenvalue weighted by molar-refractivity contribution is 7.92. The van der Waals surface area contributed by atoms with Crippen LogP contribution in [0.15, 0.2) is 107 Å². The number of nitrogens with zero attached hydrogens (tertiary/aromatic N) is 2. The second-order valence-electron chi connectivity index (χ2n) is 8.61. The summed E-state index contributed by atoms with van der Waals surface area (Å²) in [6.45, 7) is 3.53. The Balaban J connectivity index is 1.58. The molecule has 2 N–H and O–H groups in total. The second kappa shape index (κ2) is 11.5. The number of carbonyl (C=O) groups excluding carboxylic acids is 1. The topological polar surface area (TPSA) is 99.1 Å². The summed E-state index contributed by atoms with van der Waals surface area (Å²) in [7, 11) is -3.91. The zero-order valence-corrected chi connectivity index (χ0v) is 22.4. The standard InChI is InChI=1S/C29H26ClN3O4S/c1-20-12-17-24(30)18-27(20)33(38(36,37)25-8-4-3-5-9-25)19-22-13-15-23(16-14-22)29(35)32-31-21(2)26-10-6-7-11-28(26)34/h3-18,34H,19H2,1-2H3,(H,32,35)/b31-21-. The lowest BCUT2D eigenvalue weighted by Gasteiger charge is -2.26. The van der Waals surface area contributed by atoms with Gasteiger partial charge in [0.15, 0.2) is 0 Å². The third-order valence-corrected chi connectivity index (χ3v) is 7.94. The van der Waals surface area contributed by atoms with Gasteiger partial charge in [-0.05, 0) is 73.5 Å². The molecule has 0 aliphatic heterocycles. The van der Waals surface area contributed by atoms with Crippen LogP contribution >= 0.6 is 11.6 Å². The van der Waals surface area contributed by atoms with Crippen LogP contribution in [0, 0.1) is 6.92 Å². The van der Waals surface area contributed by atoms with Gasteiger partial charge in [-0.2, -0.15) is 5.10 Å². The average molecular weight is 548 g/mol. The number of aryl methyl sites for hydroxylation is 1. The molecule has 194 valence electrons. The first kappa shape index (κ1) is 26.9. The maximum absolute atomic E-state index is 13.7. The van der Waals surface area contributed by atoms with Crippen molar-refractivity contribution in [2.24, 2.45) is 5.10 Å². The fourth-order valence-corrected chi connectivity index (χ4v) is 5.53. The van der Waals surface area contributed by atoms with E-state index < -0.39 is 15.9 Å². The normalized spacial score (nSPS) is 11.7. The second-order valence-corrected chi connectivity index (χ2v) is 10.9. The highest BCUT2D eigenvalue weighted by atomic mass is 35.5. The van der Waals surface area contributed by atoms with Gasteiger partial charge in [-0.3, -0.25) is 9.10 Å². The van der Waals surface area contributed by atoms with Crippen LogP contribution in [0.4, 0.5) is 5.69 Å². The molecule has 4 rings (SSSR count). The van der Waals surface area contributed by atoms with E-state index in [4.69, 9.17) is 11.6 Å². The quantitative estimate of drug-likeness (QED) is 0.212. The third kappa shape index (κ3) is 6.04. The van der Waals surface area contributed by atoms with Gasteiger partial charge < -0.3 is 5.11 Å². The Morgan fingerprint density at radius 1 is 0.947 bits per heavy atom. The monoisotopic (exact) mass is 547 g/mol. The Hall–Kier alpha value is -4.14. The Bertz CT molecular complexity index is 1590. The molecule has 9 heteroatoms. The number of halogens is 1. The molecular weight excluding hydrogens is 522 g/mol. The summed E-state index contributed by atoms with van der Waals surface area (Å²) in [6, 6.07) is 26.6. The van der Waals surface area contributed by atoms with E-state index in [9.17, 15) is 18.3 Å². The molecule has 0 fully saturated rings. The third-order valence-electron chi connectivity index (χ3n) is 5.93. The zero-order valence-electron chi connectivity index (χ0n) is 20.8. The summed E-state index contributed by atoms with van der Waals surface area (Å²) >= 11 is 6.22. The smallest absolute Gasteiger partial charge is 0.271 e. The molecule has 1 amide bonds. The van der Waals surface area contributed by atoms with E-state index in [2.05, 4.69) is 10.5 Å². The van der Waals surface area contributed by atoms with Gasteiger partial charge in [-0.25, -0.2) is 13.8 Å². The van der Waals surface area contributed by atoms with Crippen LogP contribution in [-0.2, 0) is 16.6 Å². The van der Waals surface area contributed by atoms with Crippen LogP contribution in [0.1, 0.15) is 34.0 Å². The van der Waals surface area contributed by atoms with E-state index in [1.54, 1.807) is 104 Å². The minimum absolute atomic E-state index is 0.0326. The van der Waals surface area contributed by atoms with E-state index >= 15 is 0 Å². The van der Waals surface area contributed by atoms with E-state index in [0.29, 0.717) is 33.1 Å². The average Bonchev–Trinajstić information content (AvgIpc) is 2.92. The molecule has 0 bridgehead atoms. The predicted molar refractivity (Wildman–Crippen MR) is 150 cm³/mol. The molecule has 0 atom stereocenters. The number of hydrazone groups is 1. The first-order valence-corrected chi connectivity index (χ1v) is 13.5. The summed E-state index contributed by atoms with van der Waals surface area (Å²) in [4.78, 5) is 12.8. The molecule has 4 aromatic carbocycles. The molecule has 0 heterocycles. The summed E-state index contributed by atoms with van der Waals surface area (Å²) in [5.41, 5.74) is 5.69. The van der Waals surface area contributed by atoms with Gasteiger partial charge in [0.25, 0.3) is 15.9 Å². The van der Waals surface area contributed by atoms with E-state index in [0.717, 1.165) is 5.56 Å². The van der Waals surface area contributed by atoms with Gasteiger partial charge in [-0.1, -0.05) is 60.1 Å². The number of carbonyl (C=O) groups is 1. The molecule has 0 spiro atoms. The number of amides is 1. The van der Waals surface area contributed by atoms with Crippen molar-refractivity contribution in [3.63, 3.8) is 0 Å². The first-order valence-electron chi connectivity index (χ1n) is 11.7. The van der Waals surface area contributed by atoms with Crippen LogP contribution in [-0.4, -0.2) is 25.1 Å². The number of para-hydroxylation sites is 1. The van der Waals surface area contributed by atoms with Crippen molar-refractivity contribution in [1.29, 1.82) is 0 Å². The lowest BCUT2D eigenvalue weighted by atomic mass is 10.1. The SMILES string of the molecule is C/C(=N/NC(=O)c1ccc(CN(c2cc(Cl)ccc2C)S(=O)(=O)c2ccccc2)cc1)c1ccccc1O. The molecule has 0 aliphatic carbocycles. The van der Waals surface area contributed by atoms with Crippen molar-refractivity contribution in [3.8, 4) is 5.75 Å². The zero-order chi connectivity index (χ0) is 27.3. The molecule has 0 aliphatic rings. The molecule has 0 saturated heterocycles. The largest absolute Gasteiger partial charge is 0.507 e. The summed E-state index contributed by atoms with van der Waals surface area (Å²) in [5.74, 6) is -0.372. The highest BCUT2D eigenvalue weighted by Gasteiger charge is 2.26. The van der Waals surface area contributed by atoms with Crippen molar-refractivity contribution in [2.75, 3.05) is 4.31 Å². The van der Waals surface area contributed by atoms with Gasteiger partial charge in [0.2, 0.25) is 0 Å². The van der Waals surface area contributed by atoms with Gasteiger partial charge in [0.1, 0.15) is 5.75 Å². The van der Waals surface area contributed by atoms with Gasteiger partial charge in [-0.15, -0.1) is 0 Å². The van der Waals surface area contributed by atoms with Crippen molar-refractivity contribution in [1.82, 2.24) is 5.43 Å².